The molecule has 1 aliphatic rings. The Morgan fingerprint density at radius 1 is 1.21 bits per heavy atom. The molecule has 0 aromatic carbocycles. The minimum absolute atomic E-state index is 0.281. The van der Waals surface area contributed by atoms with Crippen LogP contribution in [0.1, 0.15) is 10.5 Å². The van der Waals surface area contributed by atoms with Crippen LogP contribution in [0.15, 0.2) is 48.4 Å². The van der Waals surface area contributed by atoms with Gasteiger partial charge in [0, 0.05) is 62.3 Å². The van der Waals surface area contributed by atoms with Crippen LogP contribution >= 0.6 is 11.3 Å². The number of amides is 1. The molecule has 1 amide bonds. The second-order valence-corrected chi connectivity index (χ2v) is 8.85. The number of likely N-dealkylation sites (N-methyl/N-ethyl adjacent to an activating group) is 1. The Labute approximate surface area is 195 Å². The first-order valence-electron chi connectivity index (χ1n) is 10.8. The van der Waals surface area contributed by atoms with E-state index in [2.05, 4.69) is 42.3 Å². The number of nitrogens with one attached hydrogen (secondary N) is 2. The number of thiazole rings is 1. The van der Waals surface area contributed by atoms with E-state index in [4.69, 9.17) is 5.10 Å². The van der Waals surface area contributed by atoms with E-state index in [1.807, 2.05) is 29.1 Å². The third-order valence-electron chi connectivity index (χ3n) is 5.64. The molecule has 4 aromatic heterocycles. The van der Waals surface area contributed by atoms with Gasteiger partial charge in [0.1, 0.15) is 16.4 Å². The predicted octanol–water partition coefficient (Wildman–Crippen LogP) is 2.29. The molecule has 0 bridgehead atoms. The average Bonchev–Trinajstić information content (AvgIpc) is 3.60. The summed E-state index contributed by atoms with van der Waals surface area (Å²) in [6, 6.07) is 5.66. The van der Waals surface area contributed by atoms with Gasteiger partial charge in [0.2, 0.25) is 0 Å². The Bertz CT molecular complexity index is 1190. The van der Waals surface area contributed by atoms with Gasteiger partial charge in [-0.2, -0.15) is 10.2 Å². The number of piperazine rings is 1. The molecular weight excluding hydrogens is 438 g/mol. The summed E-state index contributed by atoms with van der Waals surface area (Å²) in [5, 5.41) is 16.9. The fourth-order valence-electron chi connectivity index (χ4n) is 3.70. The number of pyridine rings is 1. The summed E-state index contributed by atoms with van der Waals surface area (Å²) in [5.74, 6) is -0.281. The minimum Gasteiger partial charge on any atom is -0.317 e. The van der Waals surface area contributed by atoms with E-state index in [1.165, 1.54) is 11.3 Å². The molecule has 1 fully saturated rings. The minimum atomic E-state index is -0.281. The summed E-state index contributed by atoms with van der Waals surface area (Å²) < 4.78 is 1.88. The molecule has 33 heavy (non-hydrogen) atoms. The number of nitrogens with zero attached hydrogens (tertiary/aromatic N) is 7. The highest BCUT2D eigenvalue weighted by molar-refractivity contribution is 7.13. The maximum Gasteiger partial charge on any atom is 0.275 e. The van der Waals surface area contributed by atoms with E-state index in [1.54, 1.807) is 24.0 Å². The van der Waals surface area contributed by atoms with Gasteiger partial charge in [0.05, 0.1) is 24.1 Å². The van der Waals surface area contributed by atoms with Gasteiger partial charge >= 0.3 is 0 Å². The molecule has 0 unspecified atom stereocenters. The first-order chi connectivity index (χ1) is 16.2. The summed E-state index contributed by atoms with van der Waals surface area (Å²) in [7, 11) is 2.15. The first-order valence-corrected chi connectivity index (χ1v) is 11.7. The average molecular weight is 464 g/mol. The van der Waals surface area contributed by atoms with Crippen molar-refractivity contribution in [3.63, 3.8) is 0 Å². The van der Waals surface area contributed by atoms with Gasteiger partial charge in [0.25, 0.3) is 5.91 Å². The van der Waals surface area contributed by atoms with E-state index in [9.17, 15) is 4.79 Å². The first kappa shape index (κ1) is 21.4. The second-order valence-electron chi connectivity index (χ2n) is 7.99. The SMILES string of the molecule is CN1CCN(CCn2cc(NC(=O)c3csc(-c4cn[nH]c4)n3)c(-c3ccccn3)n2)CC1. The summed E-state index contributed by atoms with van der Waals surface area (Å²) in [4.78, 5) is 26.6. The fraction of sp³-hybridized carbons (Fsp3) is 0.318. The van der Waals surface area contributed by atoms with Crippen molar-refractivity contribution >= 4 is 22.9 Å². The molecule has 0 saturated carbocycles. The van der Waals surface area contributed by atoms with Crippen molar-refractivity contribution in [3.05, 3.63) is 54.1 Å². The maximum absolute atomic E-state index is 13.0. The standard InChI is InChI=1S/C22H25N9OS/c1-29-6-8-30(9-7-29)10-11-31-14-18(20(28-31)17-4-2-3-5-23-17)26-21(32)19-15-33-22(27-19)16-12-24-25-13-16/h2-5,12-15H,6-11H2,1H3,(H,24,25)(H,26,32). The smallest absolute Gasteiger partial charge is 0.275 e. The van der Waals surface area contributed by atoms with Crippen molar-refractivity contribution in [2.75, 3.05) is 45.1 Å². The summed E-state index contributed by atoms with van der Waals surface area (Å²) >= 11 is 1.40. The van der Waals surface area contributed by atoms with Crippen LogP contribution in [0.3, 0.4) is 0 Å². The molecule has 0 spiro atoms. The molecule has 170 valence electrons. The number of carbonyl (C=O) groups excluding carboxylic acids is 1. The lowest BCUT2D eigenvalue weighted by Gasteiger charge is -2.32. The quantitative estimate of drug-likeness (QED) is 0.433. The predicted molar refractivity (Wildman–Crippen MR) is 127 cm³/mol. The van der Waals surface area contributed by atoms with Gasteiger partial charge in [-0.25, -0.2) is 4.98 Å². The number of aromatic nitrogens is 6. The molecule has 0 aliphatic carbocycles. The van der Waals surface area contributed by atoms with Crippen LogP contribution in [0, 0.1) is 0 Å². The van der Waals surface area contributed by atoms with Crippen molar-refractivity contribution in [2.24, 2.45) is 0 Å². The van der Waals surface area contributed by atoms with Crippen LogP contribution in [0.2, 0.25) is 0 Å². The Morgan fingerprint density at radius 3 is 2.85 bits per heavy atom. The van der Waals surface area contributed by atoms with Crippen LogP contribution in [-0.4, -0.2) is 85.4 Å². The van der Waals surface area contributed by atoms with Crippen molar-refractivity contribution in [2.45, 2.75) is 6.54 Å². The molecule has 11 heteroatoms. The van der Waals surface area contributed by atoms with Gasteiger partial charge in [-0.1, -0.05) is 6.07 Å². The number of rotatable bonds is 7. The molecule has 1 aliphatic heterocycles. The van der Waals surface area contributed by atoms with Gasteiger partial charge < -0.3 is 10.2 Å². The Balaban J connectivity index is 1.33. The van der Waals surface area contributed by atoms with Crippen LogP contribution in [0.25, 0.3) is 22.0 Å². The molecule has 1 saturated heterocycles. The number of hydrogen-bond donors (Lipinski definition) is 2. The van der Waals surface area contributed by atoms with E-state index in [-0.39, 0.29) is 5.91 Å². The zero-order valence-corrected chi connectivity index (χ0v) is 19.1. The molecule has 10 nitrogen and oxygen atoms in total. The lowest BCUT2D eigenvalue weighted by molar-refractivity contribution is 0.102. The third-order valence-corrected chi connectivity index (χ3v) is 6.53. The van der Waals surface area contributed by atoms with Crippen molar-refractivity contribution in [3.8, 4) is 22.0 Å². The topological polar surface area (TPSA) is 108 Å². The largest absolute Gasteiger partial charge is 0.317 e. The van der Waals surface area contributed by atoms with Crippen LogP contribution in [0.4, 0.5) is 5.69 Å². The monoisotopic (exact) mass is 463 g/mol. The summed E-state index contributed by atoms with van der Waals surface area (Å²) in [5.41, 5.74) is 3.18. The van der Waals surface area contributed by atoms with Crippen LogP contribution in [-0.2, 0) is 6.54 Å². The second kappa shape index (κ2) is 9.61. The highest BCUT2D eigenvalue weighted by Crippen LogP contribution is 2.27. The van der Waals surface area contributed by atoms with Crippen molar-refractivity contribution in [1.29, 1.82) is 0 Å². The zero-order chi connectivity index (χ0) is 22.6. The van der Waals surface area contributed by atoms with Gasteiger partial charge in [-0.15, -0.1) is 11.3 Å². The van der Waals surface area contributed by atoms with E-state index in [0.717, 1.165) is 49.8 Å². The number of H-pyrrole nitrogens is 1. The Kier molecular flexibility index (Phi) is 6.24. The third kappa shape index (κ3) is 5.00. The lowest BCUT2D eigenvalue weighted by Crippen LogP contribution is -2.45. The summed E-state index contributed by atoms with van der Waals surface area (Å²) in [6.07, 6.45) is 7.04. The lowest BCUT2D eigenvalue weighted by atomic mass is 10.2. The van der Waals surface area contributed by atoms with E-state index < -0.39 is 0 Å². The molecule has 4 aromatic rings. The normalized spacial score (nSPS) is 15.1. The zero-order valence-electron chi connectivity index (χ0n) is 18.3. The van der Waals surface area contributed by atoms with Crippen molar-refractivity contribution in [1.82, 2.24) is 39.7 Å². The Hall–Kier alpha value is -3.41. The van der Waals surface area contributed by atoms with E-state index >= 15 is 0 Å². The number of hydrogen-bond acceptors (Lipinski definition) is 8. The molecule has 5 heterocycles. The van der Waals surface area contributed by atoms with Crippen LogP contribution in [0.5, 0.6) is 0 Å². The molecule has 0 radical (unpaired) electrons. The number of carbonyl (C=O) groups is 1. The number of aromatic amines is 1. The van der Waals surface area contributed by atoms with Crippen LogP contribution < -0.4 is 5.32 Å². The van der Waals surface area contributed by atoms with Gasteiger partial charge in [0.15, 0.2) is 0 Å². The summed E-state index contributed by atoms with van der Waals surface area (Å²) in [6.45, 7) is 5.90. The van der Waals surface area contributed by atoms with E-state index in [0.29, 0.717) is 22.8 Å². The van der Waals surface area contributed by atoms with Gasteiger partial charge in [-0.05, 0) is 19.2 Å². The molecule has 5 rings (SSSR count). The van der Waals surface area contributed by atoms with Gasteiger partial charge in [-0.3, -0.25) is 24.5 Å². The Morgan fingerprint density at radius 2 is 2.09 bits per heavy atom. The molecule has 0 atom stereocenters. The maximum atomic E-state index is 13.0. The molecular formula is C22H25N9OS. The molecule has 2 N–H and O–H groups in total. The highest BCUT2D eigenvalue weighted by atomic mass is 32.1. The van der Waals surface area contributed by atoms with Crippen molar-refractivity contribution < 1.29 is 4.79 Å². The highest BCUT2D eigenvalue weighted by Gasteiger charge is 2.19. The number of anilines is 1. The fourth-order valence-corrected chi connectivity index (χ4v) is 4.48.